The molecule has 2 aromatic carbocycles. The average molecular weight is 758 g/mol. The van der Waals surface area contributed by atoms with Gasteiger partial charge in [0.05, 0.1) is 31.3 Å². The summed E-state index contributed by atoms with van der Waals surface area (Å²) in [6.07, 6.45) is 6.10. The molecule has 2 aliphatic rings. The van der Waals surface area contributed by atoms with Crippen LogP contribution in [0, 0.1) is 11.8 Å². The van der Waals surface area contributed by atoms with Gasteiger partial charge < -0.3 is 35.1 Å². The molecule has 1 heterocycles. The molecule has 1 aliphatic carbocycles. The first-order valence-electron chi connectivity index (χ1n) is 19.7. The van der Waals surface area contributed by atoms with E-state index in [4.69, 9.17) is 14.2 Å². The molecule has 1 saturated heterocycles. The zero-order chi connectivity index (χ0) is 38.0. The fraction of sp³-hybridized carbons (Fsp3) is 0.683. The van der Waals surface area contributed by atoms with E-state index in [1.807, 2.05) is 24.3 Å². The van der Waals surface area contributed by atoms with Gasteiger partial charge in [0, 0.05) is 45.2 Å². The predicted octanol–water partition coefficient (Wildman–Crippen LogP) is 4.49. The maximum absolute atomic E-state index is 14.3. The number of amides is 2. The molecule has 4 rings (SSSR count). The highest BCUT2D eigenvalue weighted by atomic mass is 32.2. The van der Waals surface area contributed by atoms with Crippen molar-refractivity contribution in [2.24, 2.45) is 11.8 Å². The summed E-state index contributed by atoms with van der Waals surface area (Å²) in [5, 5.41) is 31.2. The molecule has 2 fully saturated rings. The molecule has 296 valence electrons. The second-order valence-electron chi connectivity index (χ2n) is 14.8. The minimum atomic E-state index is -1.15. The topological polar surface area (TPSA) is 147 Å². The third-order valence-electron chi connectivity index (χ3n) is 10.6. The molecular weight excluding hydrogens is 695 g/mol. The minimum absolute atomic E-state index is 0.132. The zero-order valence-corrected chi connectivity index (χ0v) is 32.8. The number of carbonyl (C=O) groups excluding carboxylic acids is 3. The lowest BCUT2D eigenvalue weighted by Crippen LogP contribution is -2.57. The number of benzene rings is 2. The van der Waals surface area contributed by atoms with Crippen LogP contribution in [-0.4, -0.2) is 121 Å². The van der Waals surface area contributed by atoms with E-state index in [1.54, 1.807) is 18.9 Å². The lowest BCUT2D eigenvalue weighted by Gasteiger charge is -2.35. The van der Waals surface area contributed by atoms with Crippen LogP contribution in [0.3, 0.4) is 0 Å². The second kappa shape index (κ2) is 23.2. The molecule has 4 N–H and O–H groups in total. The maximum atomic E-state index is 14.3. The Kier molecular flexibility index (Phi) is 18.9. The molecule has 1 saturated carbocycles. The summed E-state index contributed by atoms with van der Waals surface area (Å²) >= 11 is 1.55. The van der Waals surface area contributed by atoms with Crippen LogP contribution in [0.4, 0.5) is 0 Å². The summed E-state index contributed by atoms with van der Waals surface area (Å²) in [5.41, 5.74) is 1.05. The van der Waals surface area contributed by atoms with E-state index in [0.29, 0.717) is 69.5 Å². The van der Waals surface area contributed by atoms with E-state index in [-0.39, 0.29) is 30.5 Å². The summed E-state index contributed by atoms with van der Waals surface area (Å²) in [5.74, 6) is -0.0453. The Morgan fingerprint density at radius 3 is 2.43 bits per heavy atom. The van der Waals surface area contributed by atoms with Crippen molar-refractivity contribution in [3.8, 4) is 0 Å². The number of hydrogen-bond acceptors (Lipinski definition) is 10. The predicted molar refractivity (Wildman–Crippen MR) is 210 cm³/mol. The highest BCUT2D eigenvalue weighted by molar-refractivity contribution is 7.99. The number of aliphatic hydroxyl groups excluding tert-OH is 2. The number of carbonyl (C=O) groups is 3. The summed E-state index contributed by atoms with van der Waals surface area (Å²) in [4.78, 5) is 41.9. The van der Waals surface area contributed by atoms with Crippen molar-refractivity contribution in [3.63, 3.8) is 0 Å². The van der Waals surface area contributed by atoms with Crippen molar-refractivity contribution >= 4 is 40.3 Å². The Morgan fingerprint density at radius 2 is 1.72 bits per heavy atom. The highest BCUT2D eigenvalue weighted by Gasteiger charge is 2.34. The van der Waals surface area contributed by atoms with Gasteiger partial charge in [-0.1, -0.05) is 94.3 Å². The molecule has 6 atom stereocenters. The van der Waals surface area contributed by atoms with Gasteiger partial charge in [0.2, 0.25) is 11.8 Å². The molecule has 1 aliphatic heterocycles. The molecule has 53 heavy (non-hydrogen) atoms. The van der Waals surface area contributed by atoms with Gasteiger partial charge in [-0.05, 0) is 41.5 Å². The Balaban J connectivity index is 1.50. The van der Waals surface area contributed by atoms with Gasteiger partial charge in [0.15, 0.2) is 0 Å². The molecule has 1 unspecified atom stereocenters. The number of fused-ring (bicyclic) bond motifs is 1. The summed E-state index contributed by atoms with van der Waals surface area (Å²) < 4.78 is 16.2. The Labute approximate surface area is 320 Å². The first-order valence-corrected chi connectivity index (χ1v) is 20.8. The van der Waals surface area contributed by atoms with Crippen molar-refractivity contribution in [3.05, 3.63) is 48.0 Å². The van der Waals surface area contributed by atoms with E-state index in [9.17, 15) is 24.6 Å². The first-order chi connectivity index (χ1) is 25.7. The number of aliphatic hydroxyl groups is 2. The van der Waals surface area contributed by atoms with Crippen molar-refractivity contribution < 1.29 is 38.8 Å². The van der Waals surface area contributed by atoms with Crippen molar-refractivity contribution in [2.45, 2.75) is 108 Å². The van der Waals surface area contributed by atoms with E-state index in [2.05, 4.69) is 40.7 Å². The molecule has 2 amide bonds. The van der Waals surface area contributed by atoms with Crippen molar-refractivity contribution in [1.82, 2.24) is 15.5 Å². The number of hydrogen-bond donors (Lipinski definition) is 4. The van der Waals surface area contributed by atoms with Crippen molar-refractivity contribution in [1.29, 1.82) is 0 Å². The fourth-order valence-corrected chi connectivity index (χ4v) is 8.62. The zero-order valence-electron chi connectivity index (χ0n) is 32.0. The van der Waals surface area contributed by atoms with Crippen LogP contribution in [0.5, 0.6) is 0 Å². The molecule has 11 nitrogen and oxygen atoms in total. The number of thioether (sulfide) groups is 1. The number of morpholine rings is 1. The molecule has 0 bridgehead atoms. The number of nitrogens with one attached hydrogen (secondary N) is 2. The minimum Gasteiger partial charge on any atom is -0.463 e. The lowest BCUT2D eigenvalue weighted by molar-refractivity contribution is -0.144. The fourth-order valence-electron chi connectivity index (χ4n) is 7.44. The normalized spacial score (nSPS) is 19.1. The number of rotatable bonds is 22. The van der Waals surface area contributed by atoms with Crippen LogP contribution < -0.4 is 10.6 Å². The van der Waals surface area contributed by atoms with Gasteiger partial charge in [-0.3, -0.25) is 19.3 Å². The van der Waals surface area contributed by atoms with Gasteiger partial charge in [-0.2, -0.15) is 11.8 Å². The van der Waals surface area contributed by atoms with Crippen LogP contribution in [-0.2, 0) is 35.0 Å². The second-order valence-corrected chi connectivity index (χ2v) is 15.8. The third-order valence-corrected chi connectivity index (χ3v) is 11.9. The van der Waals surface area contributed by atoms with Crippen LogP contribution in [0.15, 0.2) is 42.5 Å². The van der Waals surface area contributed by atoms with Gasteiger partial charge in [0.1, 0.15) is 24.9 Å². The lowest BCUT2D eigenvalue weighted by atomic mass is 9.83. The smallest absolute Gasteiger partial charge is 0.302 e. The molecule has 0 radical (unpaired) electrons. The van der Waals surface area contributed by atoms with Crippen molar-refractivity contribution in [2.75, 3.05) is 58.1 Å². The Morgan fingerprint density at radius 1 is 0.981 bits per heavy atom. The number of methoxy groups -OCH3 is 1. The number of β-amino-alcohol motifs (C(OH)–C–C–N with tert-alkyl or cyclic N) is 1. The quantitative estimate of drug-likeness (QED) is 0.127. The van der Waals surface area contributed by atoms with Gasteiger partial charge in [-0.15, -0.1) is 0 Å². The summed E-state index contributed by atoms with van der Waals surface area (Å²) in [7, 11) is 1.58. The molecular formula is C41H63N3O8S. The van der Waals surface area contributed by atoms with Gasteiger partial charge >= 0.3 is 5.97 Å². The largest absolute Gasteiger partial charge is 0.463 e. The van der Waals surface area contributed by atoms with Crippen LogP contribution in [0.25, 0.3) is 10.8 Å². The molecule has 12 heteroatoms. The van der Waals surface area contributed by atoms with E-state index >= 15 is 0 Å². The van der Waals surface area contributed by atoms with Gasteiger partial charge in [-0.25, -0.2) is 0 Å². The average Bonchev–Trinajstić information content (AvgIpc) is 3.17. The SMILES string of the molecule is CCCC[C@H](NC(=O)[C@@H](CSCC(COC(C)=O)OC)Cc1cccc2ccccc12)C(=O)N[C@@H](CC1CCCCC1)[C@@H](O)[C@@H](O)CN1CCOCC1. The molecule has 0 spiro atoms. The number of unbranched alkanes of at least 4 members (excludes halogenated alkanes) is 1. The maximum Gasteiger partial charge on any atom is 0.302 e. The van der Waals surface area contributed by atoms with E-state index in [1.165, 1.54) is 13.3 Å². The molecule has 0 aromatic heterocycles. The summed E-state index contributed by atoms with van der Waals surface area (Å²) in [6.45, 7) is 6.40. The van der Waals surface area contributed by atoms with Gasteiger partial charge in [0.25, 0.3) is 0 Å². The Bertz CT molecular complexity index is 1400. The number of nitrogens with zero attached hydrogens (tertiary/aromatic N) is 1. The van der Waals surface area contributed by atoms with E-state index in [0.717, 1.165) is 54.9 Å². The van der Waals surface area contributed by atoms with Crippen LogP contribution in [0.2, 0.25) is 0 Å². The number of ether oxygens (including phenoxy) is 3. The standard InChI is InChI=1S/C41H63N3O8S/c1-4-5-18-36(41(49)43-37(23-30-12-7-6-8-13-30)39(47)38(46)25-44-19-21-51-22-20-44)42-40(48)33(27-53-28-34(50-3)26-52-29(2)45)24-32-16-11-15-31-14-9-10-17-35(31)32/h9-11,14-17,30,33-34,36-39,46-47H,4-8,12-13,18-28H2,1-3H3,(H,42,48)(H,43,49)/t33-,34?,36+,37+,38+,39-/m1/s1. The first kappa shape index (κ1) is 43.0. The van der Waals surface area contributed by atoms with Crippen LogP contribution >= 0.6 is 11.8 Å². The Hall–Kier alpha value is -2.74. The number of esters is 1. The third kappa shape index (κ3) is 14.4. The summed E-state index contributed by atoms with van der Waals surface area (Å²) in [6, 6.07) is 12.8. The monoisotopic (exact) mass is 757 g/mol. The highest BCUT2D eigenvalue weighted by Crippen LogP contribution is 2.29. The molecule has 2 aromatic rings. The van der Waals surface area contributed by atoms with E-state index < -0.39 is 30.2 Å². The van der Waals surface area contributed by atoms with Crippen LogP contribution in [0.1, 0.15) is 77.2 Å².